The Kier molecular flexibility index (Phi) is 6.18. The smallest absolute Gasteiger partial charge is 0.0402 e. The van der Waals surface area contributed by atoms with Crippen LogP contribution in [0.1, 0.15) is 12.5 Å². The Labute approximate surface area is 76.2 Å². The molecule has 0 aromatic heterocycles. The number of rotatable bonds is 0. The van der Waals surface area contributed by atoms with E-state index >= 15 is 0 Å². The van der Waals surface area contributed by atoms with E-state index in [-0.39, 0.29) is 6.61 Å². The zero-order valence-electron chi connectivity index (χ0n) is 6.84. The van der Waals surface area contributed by atoms with E-state index in [0.29, 0.717) is 0 Å². The van der Waals surface area contributed by atoms with Gasteiger partial charge in [-0.1, -0.05) is 33.6 Å². The van der Waals surface area contributed by atoms with E-state index in [0.717, 1.165) is 4.47 Å². The van der Waals surface area contributed by atoms with E-state index in [9.17, 15) is 0 Å². The van der Waals surface area contributed by atoms with E-state index in [2.05, 4.69) is 35.0 Å². The van der Waals surface area contributed by atoms with Crippen molar-refractivity contribution in [1.29, 1.82) is 0 Å². The highest BCUT2D eigenvalue weighted by atomic mass is 79.9. The topological polar surface area (TPSA) is 20.2 Å². The van der Waals surface area contributed by atoms with Crippen molar-refractivity contribution in [3.63, 3.8) is 0 Å². The Morgan fingerprint density at radius 1 is 1.27 bits per heavy atom. The molecule has 1 rings (SSSR count). The molecule has 0 saturated carbocycles. The Morgan fingerprint density at radius 2 is 1.64 bits per heavy atom. The fourth-order valence-electron chi connectivity index (χ4n) is 0.533. The summed E-state index contributed by atoms with van der Waals surface area (Å²) < 4.78 is 1.14. The van der Waals surface area contributed by atoms with Gasteiger partial charge in [-0.25, -0.2) is 0 Å². The molecule has 0 aliphatic carbocycles. The first-order chi connectivity index (χ1) is 5.20. The van der Waals surface area contributed by atoms with Crippen molar-refractivity contribution in [3.05, 3.63) is 34.3 Å². The molecule has 62 valence electrons. The molecule has 11 heavy (non-hydrogen) atoms. The predicted octanol–water partition coefficient (Wildman–Crippen LogP) is 2.76. The predicted molar refractivity (Wildman–Crippen MR) is 51.6 cm³/mol. The number of halogens is 1. The van der Waals surface area contributed by atoms with Crippen molar-refractivity contribution >= 4 is 15.9 Å². The van der Waals surface area contributed by atoms with Gasteiger partial charge in [-0.3, -0.25) is 0 Å². The summed E-state index contributed by atoms with van der Waals surface area (Å²) >= 11 is 3.35. The maximum Gasteiger partial charge on any atom is 0.0402 e. The minimum Gasteiger partial charge on any atom is -0.397 e. The second-order valence-electron chi connectivity index (χ2n) is 2.11. The molecule has 1 N–H and O–H groups in total. The third-order valence-corrected chi connectivity index (χ3v) is 1.54. The van der Waals surface area contributed by atoms with E-state index in [1.54, 1.807) is 6.92 Å². The van der Waals surface area contributed by atoms with Gasteiger partial charge in [-0.05, 0) is 26.0 Å². The molecule has 0 unspecified atom stereocenters. The lowest BCUT2D eigenvalue weighted by Crippen LogP contribution is -1.66. The molecular formula is C9H13BrO. The van der Waals surface area contributed by atoms with Crippen molar-refractivity contribution in [2.45, 2.75) is 13.8 Å². The highest BCUT2D eigenvalue weighted by Gasteiger charge is 1.81. The SMILES string of the molecule is CCO.Cc1ccc(Br)cc1. The lowest BCUT2D eigenvalue weighted by molar-refractivity contribution is 0.318. The molecule has 0 atom stereocenters. The first-order valence-electron chi connectivity index (χ1n) is 3.53. The fourth-order valence-corrected chi connectivity index (χ4v) is 0.798. The highest BCUT2D eigenvalue weighted by Crippen LogP contribution is 2.08. The van der Waals surface area contributed by atoms with E-state index in [1.807, 2.05) is 12.1 Å². The van der Waals surface area contributed by atoms with Crippen molar-refractivity contribution in [3.8, 4) is 0 Å². The highest BCUT2D eigenvalue weighted by molar-refractivity contribution is 9.10. The Bertz CT molecular complexity index is 160. The van der Waals surface area contributed by atoms with Crippen LogP contribution in [-0.4, -0.2) is 11.7 Å². The van der Waals surface area contributed by atoms with Gasteiger partial charge in [0.25, 0.3) is 0 Å². The molecule has 0 saturated heterocycles. The van der Waals surface area contributed by atoms with Crippen molar-refractivity contribution in [2.24, 2.45) is 0 Å². The molecular weight excluding hydrogens is 204 g/mol. The molecule has 0 radical (unpaired) electrons. The van der Waals surface area contributed by atoms with Crippen LogP contribution >= 0.6 is 15.9 Å². The summed E-state index contributed by atoms with van der Waals surface area (Å²) in [6, 6.07) is 8.22. The van der Waals surface area contributed by atoms with Crippen LogP contribution in [0.2, 0.25) is 0 Å². The molecule has 2 heteroatoms. The Morgan fingerprint density at radius 3 is 1.91 bits per heavy atom. The molecule has 0 heterocycles. The normalized spacial score (nSPS) is 8.36. The molecule has 1 nitrogen and oxygen atoms in total. The minimum atomic E-state index is 0.250. The lowest BCUT2D eigenvalue weighted by Gasteiger charge is -1.88. The van der Waals surface area contributed by atoms with Gasteiger partial charge in [-0.2, -0.15) is 0 Å². The molecule has 0 bridgehead atoms. The number of aliphatic hydroxyl groups excluding tert-OH is 1. The van der Waals surface area contributed by atoms with Crippen LogP contribution in [0, 0.1) is 6.92 Å². The monoisotopic (exact) mass is 216 g/mol. The largest absolute Gasteiger partial charge is 0.397 e. The summed E-state index contributed by atoms with van der Waals surface area (Å²) in [5, 5.41) is 7.57. The van der Waals surface area contributed by atoms with Crippen LogP contribution in [0.5, 0.6) is 0 Å². The zero-order chi connectivity index (χ0) is 8.69. The minimum absolute atomic E-state index is 0.250. The van der Waals surface area contributed by atoms with Gasteiger partial charge in [0, 0.05) is 11.1 Å². The molecule has 0 amide bonds. The molecule has 0 fully saturated rings. The van der Waals surface area contributed by atoms with Gasteiger partial charge in [0.2, 0.25) is 0 Å². The van der Waals surface area contributed by atoms with Crippen molar-refractivity contribution < 1.29 is 5.11 Å². The van der Waals surface area contributed by atoms with Crippen LogP contribution in [0.4, 0.5) is 0 Å². The summed E-state index contributed by atoms with van der Waals surface area (Å²) in [4.78, 5) is 0. The van der Waals surface area contributed by atoms with E-state index in [1.165, 1.54) is 5.56 Å². The van der Waals surface area contributed by atoms with Gasteiger partial charge in [0.1, 0.15) is 0 Å². The summed E-state index contributed by atoms with van der Waals surface area (Å²) in [6.45, 7) is 4.01. The average molecular weight is 217 g/mol. The summed E-state index contributed by atoms with van der Waals surface area (Å²) in [5.41, 5.74) is 1.30. The van der Waals surface area contributed by atoms with Crippen LogP contribution in [0.3, 0.4) is 0 Å². The van der Waals surface area contributed by atoms with Crippen LogP contribution in [-0.2, 0) is 0 Å². The van der Waals surface area contributed by atoms with Crippen molar-refractivity contribution in [2.75, 3.05) is 6.61 Å². The van der Waals surface area contributed by atoms with Gasteiger partial charge in [0.05, 0.1) is 0 Å². The van der Waals surface area contributed by atoms with E-state index < -0.39 is 0 Å². The average Bonchev–Trinajstić information content (AvgIpc) is 1.97. The number of benzene rings is 1. The van der Waals surface area contributed by atoms with Gasteiger partial charge >= 0.3 is 0 Å². The summed E-state index contributed by atoms with van der Waals surface area (Å²) in [7, 11) is 0. The third kappa shape index (κ3) is 6.07. The second kappa shape index (κ2) is 6.38. The Hall–Kier alpha value is -0.340. The molecule has 0 spiro atoms. The summed E-state index contributed by atoms with van der Waals surface area (Å²) in [6.07, 6.45) is 0. The van der Waals surface area contributed by atoms with Crippen LogP contribution < -0.4 is 0 Å². The quantitative estimate of drug-likeness (QED) is 0.708. The number of aliphatic hydroxyl groups is 1. The first-order valence-corrected chi connectivity index (χ1v) is 4.33. The maximum absolute atomic E-state index is 7.57. The maximum atomic E-state index is 7.57. The third-order valence-electron chi connectivity index (χ3n) is 1.01. The van der Waals surface area contributed by atoms with Gasteiger partial charge in [-0.15, -0.1) is 0 Å². The van der Waals surface area contributed by atoms with Crippen LogP contribution in [0.15, 0.2) is 28.7 Å². The summed E-state index contributed by atoms with van der Waals surface area (Å²) in [5.74, 6) is 0. The van der Waals surface area contributed by atoms with Gasteiger partial charge in [0.15, 0.2) is 0 Å². The Balaban J connectivity index is 0.000000292. The van der Waals surface area contributed by atoms with Crippen LogP contribution in [0.25, 0.3) is 0 Å². The fraction of sp³-hybridized carbons (Fsp3) is 0.333. The first kappa shape index (κ1) is 10.7. The van der Waals surface area contributed by atoms with E-state index in [4.69, 9.17) is 5.11 Å². The second-order valence-corrected chi connectivity index (χ2v) is 3.03. The molecule has 0 aliphatic heterocycles. The number of aryl methyl sites for hydroxylation is 1. The molecule has 0 aliphatic rings. The van der Waals surface area contributed by atoms with Gasteiger partial charge < -0.3 is 5.11 Å². The lowest BCUT2D eigenvalue weighted by atomic mass is 10.2. The molecule has 1 aromatic carbocycles. The van der Waals surface area contributed by atoms with Crippen molar-refractivity contribution in [1.82, 2.24) is 0 Å². The standard InChI is InChI=1S/C7H7Br.C2H6O/c1-6-2-4-7(8)5-3-6;1-2-3/h2-5H,1H3;3H,2H2,1H3. The zero-order valence-corrected chi connectivity index (χ0v) is 8.43. The number of hydrogen-bond acceptors (Lipinski definition) is 1. The molecule has 1 aromatic rings. The number of hydrogen-bond donors (Lipinski definition) is 1.